The number of hydrogen-bond donors (Lipinski definition) is 1. The Balaban J connectivity index is 1.61. The van der Waals surface area contributed by atoms with Crippen LogP contribution in [0.5, 0.6) is 0 Å². The molecule has 1 saturated heterocycles. The van der Waals surface area contributed by atoms with Crippen LogP contribution in [0.3, 0.4) is 0 Å². The number of amides is 1. The van der Waals surface area contributed by atoms with Gasteiger partial charge in [0.05, 0.1) is 12.2 Å². The molecule has 0 aliphatic carbocycles. The number of benzene rings is 2. The number of aliphatic hydroxyl groups excluding tert-OH is 1. The number of carbonyl (C=O) groups excluding carboxylic acids is 1. The summed E-state index contributed by atoms with van der Waals surface area (Å²) in [5.74, 6) is -0.394. The van der Waals surface area contributed by atoms with Crippen molar-refractivity contribution in [3.05, 3.63) is 53.3 Å². The molecule has 2 aromatic carbocycles. The number of aryl methyl sites for hydroxylation is 1. The van der Waals surface area contributed by atoms with Crippen LogP contribution in [0, 0.1) is 5.82 Å². The molecule has 3 atom stereocenters. The van der Waals surface area contributed by atoms with E-state index in [1.165, 1.54) is 22.7 Å². The normalized spacial score (nSPS) is 24.9. The summed E-state index contributed by atoms with van der Waals surface area (Å²) in [7, 11) is 1.69. The molecule has 0 bridgehead atoms. The number of nitrogens with zero attached hydrogens (tertiary/aromatic N) is 1. The zero-order valence-electron chi connectivity index (χ0n) is 16.0. The van der Waals surface area contributed by atoms with Crippen molar-refractivity contribution in [3.63, 3.8) is 0 Å². The molecule has 148 valence electrons. The second-order valence-electron chi connectivity index (χ2n) is 7.50. The minimum atomic E-state index is -0.433. The van der Waals surface area contributed by atoms with E-state index < -0.39 is 6.10 Å². The third-order valence-corrected chi connectivity index (χ3v) is 6.68. The molecule has 0 radical (unpaired) electrons. The summed E-state index contributed by atoms with van der Waals surface area (Å²) in [4.78, 5) is 14.8. The van der Waals surface area contributed by atoms with Crippen LogP contribution in [0.25, 0.3) is 0 Å². The van der Waals surface area contributed by atoms with Crippen LogP contribution < -0.4 is 4.90 Å². The van der Waals surface area contributed by atoms with Crippen molar-refractivity contribution in [2.75, 3.05) is 18.6 Å². The molecular formula is C22H24FNO3S. The van der Waals surface area contributed by atoms with Gasteiger partial charge in [0.15, 0.2) is 0 Å². The van der Waals surface area contributed by atoms with E-state index in [0.29, 0.717) is 36.5 Å². The van der Waals surface area contributed by atoms with Crippen LogP contribution in [0.15, 0.2) is 46.2 Å². The number of anilines is 1. The number of rotatable bonds is 3. The highest BCUT2D eigenvalue weighted by atomic mass is 32.2. The molecule has 2 heterocycles. The average Bonchev–Trinajstić information content (AvgIpc) is 2.66. The molecule has 6 heteroatoms. The van der Waals surface area contributed by atoms with Crippen LogP contribution in [0.4, 0.5) is 10.1 Å². The van der Waals surface area contributed by atoms with Crippen molar-refractivity contribution in [2.24, 2.45) is 0 Å². The van der Waals surface area contributed by atoms with Crippen LogP contribution in [0.2, 0.25) is 0 Å². The average molecular weight is 402 g/mol. The Labute approximate surface area is 168 Å². The van der Waals surface area contributed by atoms with Gasteiger partial charge < -0.3 is 14.7 Å². The molecule has 2 aliphatic rings. The minimum Gasteiger partial charge on any atom is -0.392 e. The van der Waals surface area contributed by atoms with E-state index in [2.05, 4.69) is 0 Å². The molecule has 4 rings (SSSR count). The Morgan fingerprint density at radius 3 is 2.86 bits per heavy atom. The van der Waals surface area contributed by atoms with E-state index in [1.807, 2.05) is 37.3 Å². The number of carbonyl (C=O) groups is 1. The topological polar surface area (TPSA) is 49.8 Å². The fourth-order valence-corrected chi connectivity index (χ4v) is 5.05. The van der Waals surface area contributed by atoms with Gasteiger partial charge in [-0.15, -0.1) is 0 Å². The van der Waals surface area contributed by atoms with E-state index in [1.54, 1.807) is 7.05 Å². The third kappa shape index (κ3) is 3.69. The Kier molecular flexibility index (Phi) is 5.45. The number of halogens is 1. The summed E-state index contributed by atoms with van der Waals surface area (Å²) in [5, 5.41) is 10.4. The number of aliphatic hydroxyl groups is 1. The van der Waals surface area contributed by atoms with Crippen molar-refractivity contribution in [1.82, 2.24) is 0 Å². The zero-order valence-corrected chi connectivity index (χ0v) is 16.8. The Morgan fingerprint density at radius 1 is 1.25 bits per heavy atom. The standard InChI is InChI=1S/C22H24FNO3S/c1-13-22(19(25)8-9-27-13)15-4-3-5-16(10-15)28-20-11-14-6-7-21(26)24(2)18(14)12-17(20)23/h3-5,10-13,19,22,25H,6-9H2,1-2H3. The smallest absolute Gasteiger partial charge is 0.227 e. The molecule has 1 amide bonds. The molecule has 0 saturated carbocycles. The van der Waals surface area contributed by atoms with Gasteiger partial charge in [0.1, 0.15) is 5.82 Å². The largest absolute Gasteiger partial charge is 0.392 e. The molecule has 0 spiro atoms. The van der Waals surface area contributed by atoms with Crippen molar-refractivity contribution in [3.8, 4) is 0 Å². The van der Waals surface area contributed by atoms with Gasteiger partial charge in [-0.1, -0.05) is 23.9 Å². The van der Waals surface area contributed by atoms with Crippen LogP contribution >= 0.6 is 11.8 Å². The number of ether oxygens (including phenoxy) is 1. The molecule has 3 unspecified atom stereocenters. The van der Waals surface area contributed by atoms with Gasteiger partial charge in [-0.3, -0.25) is 4.79 Å². The van der Waals surface area contributed by atoms with E-state index in [4.69, 9.17) is 4.74 Å². The summed E-state index contributed by atoms with van der Waals surface area (Å²) in [6.45, 7) is 2.55. The van der Waals surface area contributed by atoms with E-state index >= 15 is 0 Å². The fourth-order valence-electron chi connectivity index (χ4n) is 4.10. The van der Waals surface area contributed by atoms with Gasteiger partial charge in [-0.05, 0) is 55.2 Å². The fraction of sp³-hybridized carbons (Fsp3) is 0.409. The first-order valence-electron chi connectivity index (χ1n) is 9.60. The molecule has 4 nitrogen and oxygen atoms in total. The highest BCUT2D eigenvalue weighted by Crippen LogP contribution is 2.38. The van der Waals surface area contributed by atoms with Crippen molar-refractivity contribution >= 4 is 23.4 Å². The van der Waals surface area contributed by atoms with Gasteiger partial charge in [-0.25, -0.2) is 4.39 Å². The van der Waals surface area contributed by atoms with Gasteiger partial charge in [0.2, 0.25) is 5.91 Å². The lowest BCUT2D eigenvalue weighted by Crippen LogP contribution is -2.36. The molecule has 1 fully saturated rings. The van der Waals surface area contributed by atoms with Crippen molar-refractivity contribution in [2.45, 2.75) is 54.1 Å². The lowest BCUT2D eigenvalue weighted by molar-refractivity contribution is -0.118. The third-order valence-electron chi connectivity index (χ3n) is 5.66. The van der Waals surface area contributed by atoms with Crippen molar-refractivity contribution in [1.29, 1.82) is 0 Å². The maximum atomic E-state index is 14.7. The minimum absolute atomic E-state index is 0.0161. The zero-order chi connectivity index (χ0) is 19.8. The molecule has 0 aromatic heterocycles. The first-order chi connectivity index (χ1) is 13.4. The van der Waals surface area contributed by atoms with Crippen LogP contribution in [-0.2, 0) is 16.0 Å². The Morgan fingerprint density at radius 2 is 2.07 bits per heavy atom. The molecule has 2 aliphatic heterocycles. The second kappa shape index (κ2) is 7.85. The predicted molar refractivity (Wildman–Crippen MR) is 107 cm³/mol. The number of hydrogen-bond acceptors (Lipinski definition) is 4. The second-order valence-corrected chi connectivity index (χ2v) is 8.61. The maximum Gasteiger partial charge on any atom is 0.227 e. The quantitative estimate of drug-likeness (QED) is 0.840. The summed E-state index contributed by atoms with van der Waals surface area (Å²) in [6, 6.07) is 11.2. The van der Waals surface area contributed by atoms with Crippen LogP contribution in [-0.4, -0.2) is 36.9 Å². The summed E-state index contributed by atoms with van der Waals surface area (Å²) in [5.41, 5.74) is 2.66. The molecule has 1 N–H and O–H groups in total. The predicted octanol–water partition coefficient (Wildman–Crippen LogP) is 4.14. The first kappa shape index (κ1) is 19.4. The lowest BCUT2D eigenvalue weighted by Gasteiger charge is -2.34. The molecular weight excluding hydrogens is 377 g/mol. The van der Waals surface area contributed by atoms with E-state index in [9.17, 15) is 14.3 Å². The molecule has 2 aromatic rings. The Bertz CT molecular complexity index is 893. The van der Waals surface area contributed by atoms with E-state index in [0.717, 1.165) is 16.0 Å². The first-order valence-corrected chi connectivity index (χ1v) is 10.4. The SMILES string of the molecule is CC1OCCC(O)C1c1cccc(Sc2cc3c(cc2F)N(C)C(=O)CC3)c1. The maximum absolute atomic E-state index is 14.7. The highest BCUT2D eigenvalue weighted by Gasteiger charge is 2.31. The van der Waals surface area contributed by atoms with E-state index in [-0.39, 0.29) is 23.7 Å². The summed E-state index contributed by atoms with van der Waals surface area (Å²) < 4.78 is 20.4. The highest BCUT2D eigenvalue weighted by molar-refractivity contribution is 7.99. The van der Waals surface area contributed by atoms with Gasteiger partial charge in [0, 0.05) is 41.5 Å². The number of fused-ring (bicyclic) bond motifs is 1. The van der Waals surface area contributed by atoms with Gasteiger partial charge in [-0.2, -0.15) is 0 Å². The lowest BCUT2D eigenvalue weighted by atomic mass is 9.86. The molecule has 28 heavy (non-hydrogen) atoms. The Hall–Kier alpha value is -1.89. The van der Waals surface area contributed by atoms with Crippen LogP contribution in [0.1, 0.15) is 36.8 Å². The van der Waals surface area contributed by atoms with Crippen molar-refractivity contribution < 1.29 is 19.0 Å². The monoisotopic (exact) mass is 401 g/mol. The summed E-state index contributed by atoms with van der Waals surface area (Å²) >= 11 is 1.37. The van der Waals surface area contributed by atoms with Gasteiger partial charge >= 0.3 is 0 Å². The summed E-state index contributed by atoms with van der Waals surface area (Å²) in [6.07, 6.45) is 1.22. The van der Waals surface area contributed by atoms with Gasteiger partial charge in [0.25, 0.3) is 0 Å².